The van der Waals surface area contributed by atoms with Gasteiger partial charge in [0.05, 0.1) is 41.1 Å². The molecule has 152 valence electrons. The first-order valence-corrected chi connectivity index (χ1v) is 10.5. The van der Waals surface area contributed by atoms with Crippen LogP contribution in [-0.2, 0) is 6.54 Å². The van der Waals surface area contributed by atoms with Gasteiger partial charge in [-0.3, -0.25) is 14.7 Å². The van der Waals surface area contributed by atoms with Crippen LogP contribution >= 0.6 is 11.3 Å². The molecule has 0 N–H and O–H groups in total. The van der Waals surface area contributed by atoms with E-state index in [2.05, 4.69) is 9.97 Å². The summed E-state index contributed by atoms with van der Waals surface area (Å²) in [7, 11) is 1.62. The molecule has 0 fully saturated rings. The molecule has 2 heterocycles. The second-order valence-electron chi connectivity index (χ2n) is 6.95. The highest BCUT2D eigenvalue weighted by atomic mass is 32.1. The molecule has 6 nitrogen and oxygen atoms in total. The number of fused-ring (bicyclic) bond motifs is 2. The number of ether oxygens (including phenoxy) is 1. The first kappa shape index (κ1) is 19.1. The van der Waals surface area contributed by atoms with Crippen LogP contribution in [0.1, 0.15) is 16.1 Å². The van der Waals surface area contributed by atoms with E-state index in [9.17, 15) is 4.79 Å². The maximum atomic E-state index is 13.6. The van der Waals surface area contributed by atoms with Gasteiger partial charge in [0.25, 0.3) is 5.91 Å². The highest BCUT2D eigenvalue weighted by Gasteiger charge is 2.23. The maximum absolute atomic E-state index is 13.6. The molecule has 0 aliphatic heterocycles. The highest BCUT2D eigenvalue weighted by Crippen LogP contribution is 2.32. The van der Waals surface area contributed by atoms with Crippen LogP contribution in [0.2, 0.25) is 0 Å². The van der Waals surface area contributed by atoms with Gasteiger partial charge in [-0.05, 0) is 29.8 Å². The largest absolute Gasteiger partial charge is 0.497 e. The molecule has 0 atom stereocenters. The zero-order valence-corrected chi connectivity index (χ0v) is 17.5. The Morgan fingerprint density at radius 3 is 2.52 bits per heavy atom. The number of para-hydroxylation sites is 2. The summed E-state index contributed by atoms with van der Waals surface area (Å²) in [5.74, 6) is 0.485. The number of carbonyl (C=O) groups is 1. The number of aromatic nitrogens is 3. The first-order valence-electron chi connectivity index (χ1n) is 9.73. The molecule has 5 aromatic rings. The summed E-state index contributed by atoms with van der Waals surface area (Å²) in [6.45, 7) is 0.380. The Kier molecular flexibility index (Phi) is 5.01. The SMILES string of the molecule is COc1ccc2sc(N(Cc3ccccc3)C(=O)c3cnc4ccccc4n3)nc2c1. The van der Waals surface area contributed by atoms with E-state index in [1.54, 1.807) is 12.0 Å². The quantitative estimate of drug-likeness (QED) is 0.391. The molecule has 3 aromatic carbocycles. The average molecular weight is 427 g/mol. The molecule has 0 saturated carbocycles. The third-order valence-electron chi connectivity index (χ3n) is 4.91. The fraction of sp³-hybridized carbons (Fsp3) is 0.0833. The molecular formula is C24H18N4O2S. The molecule has 5 rings (SSSR count). The Morgan fingerprint density at radius 1 is 0.935 bits per heavy atom. The summed E-state index contributed by atoms with van der Waals surface area (Å²) in [6.07, 6.45) is 1.53. The van der Waals surface area contributed by atoms with Gasteiger partial charge in [0.1, 0.15) is 11.4 Å². The monoisotopic (exact) mass is 426 g/mol. The summed E-state index contributed by atoms with van der Waals surface area (Å²) >= 11 is 1.46. The molecular weight excluding hydrogens is 408 g/mol. The Balaban J connectivity index is 1.58. The van der Waals surface area contributed by atoms with Crippen molar-refractivity contribution < 1.29 is 9.53 Å². The van der Waals surface area contributed by atoms with Crippen molar-refractivity contribution in [3.05, 3.63) is 90.3 Å². The second kappa shape index (κ2) is 8.12. The topological polar surface area (TPSA) is 68.2 Å². The number of anilines is 1. The van der Waals surface area contributed by atoms with E-state index in [-0.39, 0.29) is 11.6 Å². The molecule has 0 unspecified atom stereocenters. The van der Waals surface area contributed by atoms with Gasteiger partial charge in [0.2, 0.25) is 0 Å². The molecule has 1 amide bonds. The molecule has 31 heavy (non-hydrogen) atoms. The lowest BCUT2D eigenvalue weighted by molar-refractivity contribution is 0.0980. The average Bonchev–Trinajstić information content (AvgIpc) is 3.25. The van der Waals surface area contributed by atoms with Crippen molar-refractivity contribution in [1.29, 1.82) is 0 Å². The van der Waals surface area contributed by atoms with Crippen LogP contribution in [0, 0.1) is 0 Å². The number of amides is 1. The predicted molar refractivity (Wildman–Crippen MR) is 123 cm³/mol. The van der Waals surface area contributed by atoms with Crippen LogP contribution in [0.3, 0.4) is 0 Å². The van der Waals surface area contributed by atoms with Gasteiger partial charge >= 0.3 is 0 Å². The van der Waals surface area contributed by atoms with E-state index in [4.69, 9.17) is 9.72 Å². The van der Waals surface area contributed by atoms with Gasteiger partial charge in [-0.15, -0.1) is 0 Å². The van der Waals surface area contributed by atoms with Crippen LogP contribution in [-0.4, -0.2) is 28.0 Å². The molecule has 7 heteroatoms. The lowest BCUT2D eigenvalue weighted by atomic mass is 10.2. The zero-order chi connectivity index (χ0) is 21.2. The summed E-state index contributed by atoms with van der Waals surface area (Å²) < 4.78 is 6.29. The van der Waals surface area contributed by atoms with Crippen molar-refractivity contribution in [2.45, 2.75) is 6.54 Å². The van der Waals surface area contributed by atoms with E-state index in [0.717, 1.165) is 27.0 Å². The molecule has 0 radical (unpaired) electrons. The Bertz CT molecular complexity index is 1380. The lowest BCUT2D eigenvalue weighted by Gasteiger charge is -2.19. The van der Waals surface area contributed by atoms with Crippen LogP contribution in [0.15, 0.2) is 79.0 Å². The minimum Gasteiger partial charge on any atom is -0.497 e. The summed E-state index contributed by atoms with van der Waals surface area (Å²) in [5.41, 5.74) is 3.51. The Labute approximate surface area is 182 Å². The van der Waals surface area contributed by atoms with Crippen LogP contribution in [0.25, 0.3) is 21.3 Å². The van der Waals surface area contributed by atoms with Crippen molar-refractivity contribution >= 4 is 43.6 Å². The number of nitrogens with zero attached hydrogens (tertiary/aromatic N) is 4. The predicted octanol–water partition coefficient (Wildman–Crippen LogP) is 5.10. The van der Waals surface area contributed by atoms with Gasteiger partial charge in [0, 0.05) is 6.07 Å². The maximum Gasteiger partial charge on any atom is 0.280 e. The number of hydrogen-bond donors (Lipinski definition) is 0. The Morgan fingerprint density at radius 2 is 1.71 bits per heavy atom. The van der Waals surface area contributed by atoms with E-state index in [0.29, 0.717) is 17.2 Å². The second-order valence-corrected chi connectivity index (χ2v) is 7.96. The summed E-state index contributed by atoms with van der Waals surface area (Å²) in [6, 6.07) is 23.1. The molecule has 0 bridgehead atoms. The van der Waals surface area contributed by atoms with Crippen molar-refractivity contribution in [2.24, 2.45) is 0 Å². The summed E-state index contributed by atoms with van der Waals surface area (Å²) in [4.78, 5) is 28.9. The molecule has 0 aliphatic carbocycles. The van der Waals surface area contributed by atoms with E-state index < -0.39 is 0 Å². The van der Waals surface area contributed by atoms with Gasteiger partial charge in [-0.25, -0.2) is 9.97 Å². The van der Waals surface area contributed by atoms with Crippen molar-refractivity contribution in [2.75, 3.05) is 12.0 Å². The van der Waals surface area contributed by atoms with Gasteiger partial charge < -0.3 is 4.74 Å². The number of thiazole rings is 1. The molecule has 0 saturated heterocycles. The zero-order valence-electron chi connectivity index (χ0n) is 16.7. The third-order valence-corrected chi connectivity index (χ3v) is 5.97. The third kappa shape index (κ3) is 3.83. The fourth-order valence-electron chi connectivity index (χ4n) is 3.33. The number of rotatable bonds is 5. The number of carbonyl (C=O) groups excluding carboxylic acids is 1. The first-order chi connectivity index (χ1) is 15.2. The van der Waals surface area contributed by atoms with Crippen molar-refractivity contribution in [3.63, 3.8) is 0 Å². The number of methoxy groups -OCH3 is 1. The summed E-state index contributed by atoms with van der Waals surface area (Å²) in [5, 5.41) is 0.604. The minimum absolute atomic E-state index is 0.242. The number of benzene rings is 3. The number of hydrogen-bond acceptors (Lipinski definition) is 6. The Hall–Kier alpha value is -3.84. The van der Waals surface area contributed by atoms with Crippen LogP contribution in [0.5, 0.6) is 5.75 Å². The normalized spacial score (nSPS) is 11.0. The molecule has 2 aromatic heterocycles. The minimum atomic E-state index is -0.242. The lowest BCUT2D eigenvalue weighted by Crippen LogP contribution is -2.31. The van der Waals surface area contributed by atoms with E-state index >= 15 is 0 Å². The van der Waals surface area contributed by atoms with Gasteiger partial charge in [-0.2, -0.15) is 0 Å². The molecule has 0 aliphatic rings. The van der Waals surface area contributed by atoms with Crippen molar-refractivity contribution in [1.82, 2.24) is 15.0 Å². The fourth-order valence-corrected chi connectivity index (χ4v) is 4.27. The van der Waals surface area contributed by atoms with Crippen molar-refractivity contribution in [3.8, 4) is 5.75 Å². The highest BCUT2D eigenvalue weighted by molar-refractivity contribution is 7.22. The van der Waals surface area contributed by atoms with Crippen LogP contribution < -0.4 is 9.64 Å². The van der Waals surface area contributed by atoms with E-state index in [1.165, 1.54) is 17.5 Å². The molecule has 0 spiro atoms. The smallest absolute Gasteiger partial charge is 0.280 e. The van der Waals surface area contributed by atoms with E-state index in [1.807, 2.05) is 72.8 Å². The standard InChI is InChI=1S/C24H18N4O2S/c1-30-17-11-12-22-20(13-17)27-24(31-22)28(15-16-7-3-2-4-8-16)23(29)21-14-25-18-9-5-6-10-19(18)26-21/h2-14H,15H2,1H3. The van der Waals surface area contributed by atoms with Crippen LogP contribution in [0.4, 0.5) is 5.13 Å². The van der Waals surface area contributed by atoms with Gasteiger partial charge in [-0.1, -0.05) is 53.8 Å². The van der Waals surface area contributed by atoms with Gasteiger partial charge in [0.15, 0.2) is 5.13 Å².